The van der Waals surface area contributed by atoms with Crippen LogP contribution in [0.5, 0.6) is 17.4 Å². The summed E-state index contributed by atoms with van der Waals surface area (Å²) in [6, 6.07) is 9.36. The van der Waals surface area contributed by atoms with Crippen molar-refractivity contribution in [2.75, 3.05) is 19.7 Å². The van der Waals surface area contributed by atoms with Crippen molar-refractivity contribution in [2.24, 2.45) is 0 Å². The third-order valence-electron chi connectivity index (χ3n) is 3.73. The highest BCUT2D eigenvalue weighted by molar-refractivity contribution is 6.29. The summed E-state index contributed by atoms with van der Waals surface area (Å²) in [6.07, 6.45) is 2.57. The van der Waals surface area contributed by atoms with Gasteiger partial charge < -0.3 is 9.47 Å². The Bertz CT molecular complexity index is 643. The molecule has 0 spiro atoms. The molecule has 1 aliphatic heterocycles. The molecule has 122 valence electrons. The third kappa shape index (κ3) is 4.33. The number of rotatable bonds is 6. The Morgan fingerprint density at radius 3 is 2.61 bits per heavy atom. The second-order valence-electron chi connectivity index (χ2n) is 5.49. The summed E-state index contributed by atoms with van der Waals surface area (Å²) in [5, 5.41) is 8.03. The number of hydrogen-bond donors (Lipinski definition) is 0. The lowest BCUT2D eigenvalue weighted by Gasteiger charge is -2.17. The first kappa shape index (κ1) is 16.0. The van der Waals surface area contributed by atoms with Crippen LogP contribution in [0.3, 0.4) is 0 Å². The smallest absolute Gasteiger partial charge is 0.239 e. The van der Waals surface area contributed by atoms with Crippen molar-refractivity contribution in [3.8, 4) is 17.4 Å². The Morgan fingerprint density at radius 2 is 1.91 bits per heavy atom. The molecule has 0 bridgehead atoms. The van der Waals surface area contributed by atoms with Gasteiger partial charge >= 0.3 is 0 Å². The molecule has 23 heavy (non-hydrogen) atoms. The van der Waals surface area contributed by atoms with E-state index in [-0.39, 0.29) is 0 Å². The van der Waals surface area contributed by atoms with E-state index in [0.29, 0.717) is 23.4 Å². The van der Waals surface area contributed by atoms with Gasteiger partial charge in [-0.05, 0) is 56.6 Å². The molecule has 0 unspecified atom stereocenters. The number of nitrogens with zero attached hydrogens (tertiary/aromatic N) is 3. The first-order valence-electron chi connectivity index (χ1n) is 7.90. The fraction of sp³-hybridized carbons (Fsp3) is 0.412. The van der Waals surface area contributed by atoms with E-state index < -0.39 is 0 Å². The molecule has 1 aromatic carbocycles. The fourth-order valence-electron chi connectivity index (χ4n) is 2.67. The van der Waals surface area contributed by atoms with Crippen molar-refractivity contribution >= 4 is 11.6 Å². The van der Waals surface area contributed by atoms with Crippen molar-refractivity contribution in [3.63, 3.8) is 0 Å². The Hall–Kier alpha value is -1.85. The summed E-state index contributed by atoms with van der Waals surface area (Å²) in [5.74, 6) is 1.75. The van der Waals surface area contributed by atoms with Crippen LogP contribution in [0.25, 0.3) is 0 Å². The summed E-state index contributed by atoms with van der Waals surface area (Å²) >= 11 is 5.74. The normalized spacial score (nSPS) is 14.9. The van der Waals surface area contributed by atoms with Crippen molar-refractivity contribution in [1.82, 2.24) is 15.1 Å². The molecule has 3 rings (SSSR count). The Balaban J connectivity index is 1.76. The fourth-order valence-corrected chi connectivity index (χ4v) is 2.77. The highest BCUT2D eigenvalue weighted by Crippen LogP contribution is 2.32. The van der Waals surface area contributed by atoms with Gasteiger partial charge in [-0.1, -0.05) is 17.7 Å². The van der Waals surface area contributed by atoms with Crippen LogP contribution in [0.1, 0.15) is 25.3 Å². The zero-order valence-electron chi connectivity index (χ0n) is 13.2. The lowest BCUT2D eigenvalue weighted by atomic mass is 10.2. The van der Waals surface area contributed by atoms with E-state index in [2.05, 4.69) is 21.2 Å². The number of benzene rings is 1. The van der Waals surface area contributed by atoms with E-state index in [0.717, 1.165) is 12.3 Å². The quantitative estimate of drug-likeness (QED) is 0.802. The first-order chi connectivity index (χ1) is 11.2. The average Bonchev–Trinajstić information content (AvgIpc) is 3.05. The molecule has 2 heterocycles. The topological polar surface area (TPSA) is 47.5 Å². The van der Waals surface area contributed by atoms with Gasteiger partial charge in [0, 0.05) is 12.6 Å². The minimum absolute atomic E-state index is 0.336. The molecular weight excluding hydrogens is 314 g/mol. The maximum Gasteiger partial charge on any atom is 0.239 e. The van der Waals surface area contributed by atoms with Crippen molar-refractivity contribution in [2.45, 2.75) is 26.3 Å². The van der Waals surface area contributed by atoms with Gasteiger partial charge in [-0.15, -0.1) is 10.2 Å². The number of aromatic nitrogens is 2. The SMILES string of the molecule is CCOc1cc(CN2CCCC2)ccc1Oc1ccc(Cl)nn1. The molecule has 1 aromatic heterocycles. The summed E-state index contributed by atoms with van der Waals surface area (Å²) < 4.78 is 11.5. The molecule has 0 aliphatic carbocycles. The number of ether oxygens (including phenoxy) is 2. The minimum atomic E-state index is 0.336. The summed E-state index contributed by atoms with van der Waals surface area (Å²) in [4.78, 5) is 2.45. The summed E-state index contributed by atoms with van der Waals surface area (Å²) in [6.45, 7) is 5.82. The van der Waals surface area contributed by atoms with Crippen molar-refractivity contribution in [1.29, 1.82) is 0 Å². The summed E-state index contributed by atoms with van der Waals surface area (Å²) in [5.41, 5.74) is 1.23. The maximum absolute atomic E-state index is 5.77. The summed E-state index contributed by atoms with van der Waals surface area (Å²) in [7, 11) is 0. The molecule has 1 saturated heterocycles. The molecule has 6 heteroatoms. The van der Waals surface area contributed by atoms with E-state index in [9.17, 15) is 0 Å². The lowest BCUT2D eigenvalue weighted by Crippen LogP contribution is -2.18. The molecule has 1 aliphatic rings. The number of hydrogen-bond acceptors (Lipinski definition) is 5. The zero-order valence-corrected chi connectivity index (χ0v) is 13.9. The molecule has 2 aromatic rings. The predicted molar refractivity (Wildman–Crippen MR) is 89.2 cm³/mol. The molecule has 0 amide bonds. The molecule has 5 nitrogen and oxygen atoms in total. The number of halogens is 1. The molecule has 0 radical (unpaired) electrons. The highest BCUT2D eigenvalue weighted by Gasteiger charge is 2.14. The van der Waals surface area contributed by atoms with Gasteiger partial charge in [0.1, 0.15) is 0 Å². The Labute approximate surface area is 141 Å². The maximum atomic E-state index is 5.77. The molecule has 0 atom stereocenters. The van der Waals surface area contributed by atoms with Crippen LogP contribution in [-0.2, 0) is 6.54 Å². The average molecular weight is 334 g/mol. The van der Waals surface area contributed by atoms with Gasteiger partial charge in [0.05, 0.1) is 6.61 Å². The van der Waals surface area contributed by atoms with Gasteiger partial charge in [0.25, 0.3) is 0 Å². The largest absolute Gasteiger partial charge is 0.490 e. The van der Waals surface area contributed by atoms with Crippen molar-refractivity contribution in [3.05, 3.63) is 41.0 Å². The van der Waals surface area contributed by atoms with Crippen LogP contribution in [-0.4, -0.2) is 34.8 Å². The van der Waals surface area contributed by atoms with Crippen LogP contribution in [0.15, 0.2) is 30.3 Å². The Kier molecular flexibility index (Phi) is 5.31. The first-order valence-corrected chi connectivity index (χ1v) is 8.27. The molecular formula is C17H20ClN3O2. The van der Waals surface area contributed by atoms with E-state index in [1.165, 1.54) is 31.5 Å². The predicted octanol–water partition coefficient (Wildman–Crippen LogP) is 3.92. The molecule has 1 fully saturated rings. The lowest BCUT2D eigenvalue weighted by molar-refractivity contribution is 0.313. The standard InChI is InChI=1S/C17H20ClN3O2/c1-2-22-15-11-13(12-21-9-3-4-10-21)5-6-14(15)23-17-8-7-16(18)19-20-17/h5-8,11H,2-4,9-10,12H2,1H3. The second-order valence-corrected chi connectivity index (χ2v) is 5.88. The van der Waals surface area contributed by atoms with Crippen LogP contribution in [0, 0.1) is 0 Å². The van der Waals surface area contributed by atoms with Crippen LogP contribution in [0.2, 0.25) is 5.15 Å². The van der Waals surface area contributed by atoms with Crippen LogP contribution in [0.4, 0.5) is 0 Å². The van der Waals surface area contributed by atoms with Crippen LogP contribution < -0.4 is 9.47 Å². The molecule has 0 N–H and O–H groups in total. The monoisotopic (exact) mass is 333 g/mol. The Morgan fingerprint density at radius 1 is 1.09 bits per heavy atom. The van der Waals surface area contributed by atoms with Gasteiger partial charge in [0.15, 0.2) is 16.7 Å². The highest BCUT2D eigenvalue weighted by atomic mass is 35.5. The number of likely N-dealkylation sites (tertiary alicyclic amines) is 1. The van der Waals surface area contributed by atoms with Crippen LogP contribution >= 0.6 is 11.6 Å². The van der Waals surface area contributed by atoms with Crippen molar-refractivity contribution < 1.29 is 9.47 Å². The van der Waals surface area contributed by atoms with E-state index in [1.807, 2.05) is 19.1 Å². The minimum Gasteiger partial charge on any atom is -0.490 e. The van der Waals surface area contributed by atoms with E-state index >= 15 is 0 Å². The molecule has 0 saturated carbocycles. The van der Waals surface area contributed by atoms with Gasteiger partial charge in [-0.3, -0.25) is 4.90 Å². The van der Waals surface area contributed by atoms with Gasteiger partial charge in [-0.25, -0.2) is 0 Å². The third-order valence-corrected chi connectivity index (χ3v) is 3.94. The zero-order chi connectivity index (χ0) is 16.1. The van der Waals surface area contributed by atoms with E-state index in [1.54, 1.807) is 12.1 Å². The van der Waals surface area contributed by atoms with E-state index in [4.69, 9.17) is 21.1 Å². The second kappa shape index (κ2) is 7.62. The van der Waals surface area contributed by atoms with Gasteiger partial charge in [-0.2, -0.15) is 0 Å². The van der Waals surface area contributed by atoms with Gasteiger partial charge in [0.2, 0.25) is 5.88 Å².